The number of rotatable bonds is 3. The van der Waals surface area contributed by atoms with Crippen molar-refractivity contribution < 1.29 is 4.42 Å². The van der Waals surface area contributed by atoms with Crippen molar-refractivity contribution in [2.24, 2.45) is 0 Å². The van der Waals surface area contributed by atoms with Crippen LogP contribution < -0.4 is 0 Å². The van der Waals surface area contributed by atoms with Gasteiger partial charge in [-0.1, -0.05) is 115 Å². The van der Waals surface area contributed by atoms with Gasteiger partial charge >= 0.3 is 0 Å². The van der Waals surface area contributed by atoms with Gasteiger partial charge in [0.15, 0.2) is 0 Å². The van der Waals surface area contributed by atoms with E-state index in [1.54, 1.807) is 0 Å². The molecule has 0 aliphatic heterocycles. The second kappa shape index (κ2) is 9.69. The highest BCUT2D eigenvalue weighted by atomic mass is 16.3. The summed E-state index contributed by atoms with van der Waals surface area (Å²) < 4.78 is 8.57. The van der Waals surface area contributed by atoms with Crippen LogP contribution in [-0.4, -0.2) is 4.57 Å². The van der Waals surface area contributed by atoms with Gasteiger partial charge in [-0.3, -0.25) is 0 Å². The topological polar surface area (TPSA) is 18.1 Å². The van der Waals surface area contributed by atoms with Crippen molar-refractivity contribution in [3.63, 3.8) is 0 Å². The predicted molar refractivity (Wildman–Crippen MR) is 194 cm³/mol. The van der Waals surface area contributed by atoms with Crippen LogP contribution in [0, 0.1) is 0 Å². The lowest BCUT2D eigenvalue weighted by Gasteiger charge is -2.18. The normalized spacial score (nSPS) is 11.9. The second-order valence-electron chi connectivity index (χ2n) is 12.1. The van der Waals surface area contributed by atoms with E-state index < -0.39 is 0 Å². The first-order chi connectivity index (χ1) is 22.8. The number of furan rings is 1. The van der Waals surface area contributed by atoms with Crippen molar-refractivity contribution in [1.29, 1.82) is 0 Å². The zero-order valence-corrected chi connectivity index (χ0v) is 24.9. The summed E-state index contributed by atoms with van der Waals surface area (Å²) in [7, 11) is 0. The van der Waals surface area contributed by atoms with Crippen molar-refractivity contribution >= 4 is 65.3 Å². The zero-order chi connectivity index (χ0) is 30.2. The highest BCUT2D eigenvalue weighted by Gasteiger charge is 2.19. The number of hydrogen-bond donors (Lipinski definition) is 0. The average molecular weight is 586 g/mol. The first-order valence-electron chi connectivity index (χ1n) is 15.8. The maximum Gasteiger partial charge on any atom is 0.135 e. The summed E-state index contributed by atoms with van der Waals surface area (Å²) in [6, 6.07) is 59.1. The molecule has 46 heavy (non-hydrogen) atoms. The molecule has 2 nitrogen and oxygen atoms in total. The molecule has 0 unspecified atom stereocenters. The van der Waals surface area contributed by atoms with Gasteiger partial charge in [-0.25, -0.2) is 0 Å². The van der Waals surface area contributed by atoms with E-state index in [0.717, 1.165) is 21.9 Å². The largest absolute Gasteiger partial charge is 0.456 e. The summed E-state index contributed by atoms with van der Waals surface area (Å²) in [6.45, 7) is 0. The van der Waals surface area contributed by atoms with Crippen LogP contribution in [-0.2, 0) is 0 Å². The number of benzene rings is 8. The Hall–Kier alpha value is -6.12. The van der Waals surface area contributed by atoms with Crippen LogP contribution in [0.15, 0.2) is 168 Å². The standard InChI is InChI=1S/C44H27NO/c1-2-12-30(13-3-1)45-39-20-10-8-14-31(39)37-26-28(22-24-40(37)45)43-33-16-4-6-18-35(33)44(36-19-7-5-17-34(36)43)29-23-25-42-38(27-29)32-15-9-11-21-41(32)46-42/h1-27H. The second-order valence-corrected chi connectivity index (χ2v) is 12.1. The highest BCUT2D eigenvalue weighted by molar-refractivity contribution is 6.23. The van der Waals surface area contributed by atoms with E-state index in [0.29, 0.717) is 0 Å². The Kier molecular flexibility index (Phi) is 5.31. The molecule has 0 atom stereocenters. The fourth-order valence-corrected chi connectivity index (χ4v) is 7.62. The number of para-hydroxylation sites is 3. The van der Waals surface area contributed by atoms with Crippen molar-refractivity contribution in [2.45, 2.75) is 0 Å². The van der Waals surface area contributed by atoms with Crippen LogP contribution in [0.2, 0.25) is 0 Å². The third kappa shape index (κ3) is 3.59. The molecular weight excluding hydrogens is 558 g/mol. The summed E-state index contributed by atoms with van der Waals surface area (Å²) in [5, 5.41) is 9.79. The molecular formula is C44H27NO. The Labute approximate surface area is 265 Å². The summed E-state index contributed by atoms with van der Waals surface area (Å²) >= 11 is 0. The fraction of sp³-hybridized carbons (Fsp3) is 0. The van der Waals surface area contributed by atoms with Crippen molar-refractivity contribution in [3.05, 3.63) is 164 Å². The van der Waals surface area contributed by atoms with Crippen LogP contribution in [0.4, 0.5) is 0 Å². The number of fused-ring (bicyclic) bond motifs is 8. The molecule has 0 N–H and O–H groups in total. The maximum absolute atomic E-state index is 6.19. The lowest BCUT2D eigenvalue weighted by atomic mass is 9.85. The van der Waals surface area contributed by atoms with Crippen LogP contribution in [0.1, 0.15) is 0 Å². The third-order valence-corrected chi connectivity index (χ3v) is 9.57. The number of aromatic nitrogens is 1. The Morgan fingerprint density at radius 3 is 1.48 bits per heavy atom. The molecule has 2 heteroatoms. The molecule has 10 rings (SSSR count). The van der Waals surface area contributed by atoms with Gasteiger partial charge < -0.3 is 8.98 Å². The molecule has 2 heterocycles. The van der Waals surface area contributed by atoms with Gasteiger partial charge in [-0.05, 0) is 92.3 Å². The van der Waals surface area contributed by atoms with Crippen molar-refractivity contribution in [3.8, 4) is 27.9 Å². The molecule has 8 aromatic carbocycles. The van der Waals surface area contributed by atoms with Gasteiger partial charge in [0.25, 0.3) is 0 Å². The van der Waals surface area contributed by atoms with Gasteiger partial charge in [0.05, 0.1) is 11.0 Å². The van der Waals surface area contributed by atoms with E-state index in [-0.39, 0.29) is 0 Å². The monoisotopic (exact) mass is 585 g/mol. The van der Waals surface area contributed by atoms with E-state index in [2.05, 4.69) is 156 Å². The first kappa shape index (κ1) is 25.2. The smallest absolute Gasteiger partial charge is 0.135 e. The minimum absolute atomic E-state index is 0.915. The summed E-state index contributed by atoms with van der Waals surface area (Å²) in [5.41, 5.74) is 10.4. The van der Waals surface area contributed by atoms with Gasteiger partial charge in [0.1, 0.15) is 11.2 Å². The molecule has 0 radical (unpaired) electrons. The van der Waals surface area contributed by atoms with Crippen LogP contribution >= 0.6 is 0 Å². The van der Waals surface area contributed by atoms with E-state index in [1.165, 1.54) is 71.3 Å². The first-order valence-corrected chi connectivity index (χ1v) is 15.8. The molecule has 0 aliphatic carbocycles. The Balaban J connectivity index is 1.27. The lowest BCUT2D eigenvalue weighted by molar-refractivity contribution is 0.669. The molecule has 0 fully saturated rings. The van der Waals surface area contributed by atoms with Gasteiger partial charge in [0.2, 0.25) is 0 Å². The molecule has 0 saturated carbocycles. The SMILES string of the molecule is c1ccc(-n2c3ccccc3c3cc(-c4c5ccccc5c(-c5ccc6oc7ccccc7c6c5)c5ccccc45)ccc32)cc1. The molecule has 214 valence electrons. The van der Waals surface area contributed by atoms with Gasteiger partial charge in [0, 0.05) is 27.2 Å². The van der Waals surface area contributed by atoms with Crippen LogP contribution in [0.25, 0.3) is 93.2 Å². The van der Waals surface area contributed by atoms with Crippen LogP contribution in [0.3, 0.4) is 0 Å². The van der Waals surface area contributed by atoms with E-state index in [1.807, 2.05) is 12.1 Å². The zero-order valence-electron chi connectivity index (χ0n) is 24.9. The summed E-state index contributed by atoms with van der Waals surface area (Å²) in [4.78, 5) is 0. The fourth-order valence-electron chi connectivity index (χ4n) is 7.62. The molecule has 2 aromatic heterocycles. The summed E-state index contributed by atoms with van der Waals surface area (Å²) in [6.07, 6.45) is 0. The van der Waals surface area contributed by atoms with Crippen LogP contribution in [0.5, 0.6) is 0 Å². The van der Waals surface area contributed by atoms with Crippen molar-refractivity contribution in [2.75, 3.05) is 0 Å². The number of hydrogen-bond acceptors (Lipinski definition) is 1. The molecule has 0 amide bonds. The van der Waals surface area contributed by atoms with Crippen molar-refractivity contribution in [1.82, 2.24) is 4.57 Å². The third-order valence-electron chi connectivity index (χ3n) is 9.57. The Morgan fingerprint density at radius 1 is 0.326 bits per heavy atom. The maximum atomic E-state index is 6.19. The average Bonchev–Trinajstić information content (AvgIpc) is 3.66. The highest BCUT2D eigenvalue weighted by Crippen LogP contribution is 2.46. The molecule has 0 aliphatic rings. The molecule has 0 saturated heterocycles. The Morgan fingerprint density at radius 2 is 0.804 bits per heavy atom. The predicted octanol–water partition coefficient (Wildman–Crippen LogP) is 12.3. The van der Waals surface area contributed by atoms with Gasteiger partial charge in [-0.2, -0.15) is 0 Å². The minimum Gasteiger partial charge on any atom is -0.456 e. The molecule has 10 aromatic rings. The van der Waals surface area contributed by atoms with E-state index >= 15 is 0 Å². The Bertz CT molecular complexity index is 2740. The summed E-state index contributed by atoms with van der Waals surface area (Å²) in [5.74, 6) is 0. The minimum atomic E-state index is 0.915. The lowest BCUT2D eigenvalue weighted by Crippen LogP contribution is -1.93. The van der Waals surface area contributed by atoms with E-state index in [4.69, 9.17) is 4.42 Å². The number of nitrogens with zero attached hydrogens (tertiary/aromatic N) is 1. The molecule has 0 spiro atoms. The van der Waals surface area contributed by atoms with Gasteiger partial charge in [-0.15, -0.1) is 0 Å². The van der Waals surface area contributed by atoms with E-state index in [9.17, 15) is 0 Å². The quantitative estimate of drug-likeness (QED) is 0.189. The molecule has 0 bridgehead atoms.